The predicted octanol–water partition coefficient (Wildman–Crippen LogP) is 7.48. The Morgan fingerprint density at radius 3 is 2.72 bits per heavy atom. The Hall–Kier alpha value is -5.32. The lowest BCUT2D eigenvalue weighted by molar-refractivity contribution is -0.180. The number of nitrogens with one attached hydrogen (secondary N) is 7. The summed E-state index contributed by atoms with van der Waals surface area (Å²) < 4.78 is 14.3. The zero-order chi connectivity index (χ0) is 56.1. The Morgan fingerprint density at radius 1 is 1.00 bits per heavy atom. The summed E-state index contributed by atoms with van der Waals surface area (Å²) in [5.74, 6) is 0.796. The van der Waals surface area contributed by atoms with E-state index < -0.39 is 46.2 Å². The first-order valence-electron chi connectivity index (χ1n) is 31.3. The highest BCUT2D eigenvalue weighted by atomic mass is 16.7. The van der Waals surface area contributed by atoms with E-state index in [9.17, 15) is 5.11 Å². The van der Waals surface area contributed by atoms with E-state index in [2.05, 4.69) is 106 Å². The Kier molecular flexibility index (Phi) is 14.3. The molecule has 434 valence electrons. The van der Waals surface area contributed by atoms with Crippen LogP contribution in [0.3, 0.4) is 0 Å². The fraction of sp³-hybridized carbons (Fsp3) is 0.636. The van der Waals surface area contributed by atoms with E-state index in [1.54, 1.807) is 6.07 Å². The molecule has 0 radical (unpaired) electrons. The van der Waals surface area contributed by atoms with Gasteiger partial charge in [0.05, 0.1) is 24.0 Å². The Balaban J connectivity index is 0.952. The van der Waals surface area contributed by atoms with Gasteiger partial charge in [-0.05, 0) is 186 Å². The zero-order valence-electron chi connectivity index (χ0n) is 48.6. The number of aliphatic imine (C=N–C) groups is 1. The number of guanidine groups is 1. The standard InChI is InChI=1S/C66H89N9O6/c1-6-73-64-35-43-14-9-13-40-12-7-8-23-62(3)33-39-28-42(58(67)72-37-39)18-17-41-29-45(76)30-49(50(41)36-64)55(52(64)31-48(40)43)80-60(79)66-57(78)54-44(34-62)15-10-16-47(54)56(77)65(66,81-66)25-21-38(2)32-63(24-11-26-71-61(69-5)75-63)51-22-27-70-59-46(51)19-20-53(68-4)74-59/h9-10,14-16,21-22,28,35,37,40-41,45,48-50,52-53,55,58,68,70,72-74,76H,6-8,11-13,17-20,23-27,29-34,36,67H2,1-5H3,(H2,69,71,75)/b38-21+/t40-,41-,45+,48-,49+,50+,52+,53+,55+,58?,62+,63-,64+,65-,66-/m0/s1. The number of hydrogen-bond donors (Lipinski definition) is 9. The van der Waals surface area contributed by atoms with E-state index in [0.29, 0.717) is 49.3 Å². The molecular weight excluding hydrogens is 1010 g/mol. The number of esters is 1. The summed E-state index contributed by atoms with van der Waals surface area (Å²) in [6, 6.07) is 5.70. The summed E-state index contributed by atoms with van der Waals surface area (Å²) in [5.41, 5.74) is 10.1. The Morgan fingerprint density at radius 2 is 1.88 bits per heavy atom. The summed E-state index contributed by atoms with van der Waals surface area (Å²) in [5, 5.41) is 37.9. The third kappa shape index (κ3) is 9.24. The summed E-state index contributed by atoms with van der Waals surface area (Å²) >= 11 is 0. The highest BCUT2D eigenvalue weighted by Crippen LogP contribution is 2.62. The molecule has 11 bridgehead atoms. The number of ketones is 2. The number of fused-ring (bicyclic) bond motifs is 3. The lowest BCUT2D eigenvalue weighted by atomic mass is 9.50. The smallest absolute Gasteiger partial charge is 0.350 e. The van der Waals surface area contributed by atoms with E-state index in [0.717, 1.165) is 131 Å². The van der Waals surface area contributed by atoms with E-state index >= 15 is 14.4 Å². The fourth-order valence-corrected chi connectivity index (χ4v) is 18.4. The number of carbonyl (C=O) groups is 3. The lowest BCUT2D eigenvalue weighted by Gasteiger charge is -2.60. The number of nitrogens with zero attached hydrogens (tertiary/aromatic N) is 1. The molecule has 1 unspecified atom stereocenters. The first-order valence-corrected chi connectivity index (χ1v) is 31.3. The fourth-order valence-electron chi connectivity index (χ4n) is 18.4. The van der Waals surface area contributed by atoms with Crippen LogP contribution in [-0.2, 0) is 20.7 Å². The number of benzene rings is 1. The van der Waals surface area contributed by atoms with Crippen molar-refractivity contribution in [2.45, 2.75) is 190 Å². The van der Waals surface area contributed by atoms with Crippen molar-refractivity contribution in [2.24, 2.45) is 51.6 Å². The van der Waals surface area contributed by atoms with Gasteiger partial charge < -0.3 is 57.5 Å². The van der Waals surface area contributed by atoms with Crippen LogP contribution in [0.4, 0.5) is 0 Å². The first kappa shape index (κ1) is 54.9. The Labute approximate surface area is 479 Å². The van der Waals surface area contributed by atoms with Crippen LogP contribution in [0.1, 0.15) is 163 Å². The number of ether oxygens (including phenoxy) is 2. The number of dihydropyridines is 2. The van der Waals surface area contributed by atoms with E-state index in [-0.39, 0.29) is 59.5 Å². The molecule has 4 fully saturated rings. The molecule has 15 nitrogen and oxygen atoms in total. The third-order valence-electron chi connectivity index (χ3n) is 22.1. The van der Waals surface area contributed by atoms with Crippen molar-refractivity contribution in [3.05, 3.63) is 117 Å². The number of aliphatic hydroxyl groups excluding tert-OH is 1. The molecule has 7 heterocycles. The van der Waals surface area contributed by atoms with Crippen molar-refractivity contribution in [3.63, 3.8) is 0 Å². The van der Waals surface area contributed by atoms with Crippen molar-refractivity contribution in [3.8, 4) is 0 Å². The third-order valence-corrected chi connectivity index (χ3v) is 22.1. The lowest BCUT2D eigenvalue weighted by Crippen LogP contribution is -2.66. The highest BCUT2D eigenvalue weighted by Gasteiger charge is 2.86. The second-order valence-electron chi connectivity index (χ2n) is 27.1. The minimum absolute atomic E-state index is 0.0192. The van der Waals surface area contributed by atoms with Crippen LogP contribution in [0.2, 0.25) is 0 Å². The van der Waals surface area contributed by atoms with Gasteiger partial charge in [-0.1, -0.05) is 86.9 Å². The van der Waals surface area contributed by atoms with E-state index in [4.69, 9.17) is 15.2 Å². The second kappa shape index (κ2) is 21.1. The summed E-state index contributed by atoms with van der Waals surface area (Å²) in [6.45, 7) is 8.78. The molecule has 7 aliphatic heterocycles. The summed E-state index contributed by atoms with van der Waals surface area (Å²) in [6.07, 6.45) is 29.6. The molecule has 5 aliphatic carbocycles. The molecule has 1 aromatic rings. The van der Waals surface area contributed by atoms with Gasteiger partial charge in [0, 0.05) is 61.3 Å². The van der Waals surface area contributed by atoms with Crippen molar-refractivity contribution >= 4 is 23.5 Å². The molecule has 15 atom stereocenters. The van der Waals surface area contributed by atoms with Crippen LogP contribution in [0.25, 0.3) is 0 Å². The number of rotatable bonds is 8. The maximum Gasteiger partial charge on any atom is 0.350 e. The van der Waals surface area contributed by atoms with Gasteiger partial charge in [0.1, 0.15) is 11.9 Å². The van der Waals surface area contributed by atoms with Gasteiger partial charge in [-0.3, -0.25) is 14.6 Å². The average molecular weight is 1100 g/mol. The minimum Gasteiger partial charge on any atom is -0.459 e. The molecule has 2 saturated heterocycles. The van der Waals surface area contributed by atoms with Gasteiger partial charge in [0.15, 0.2) is 17.3 Å². The van der Waals surface area contributed by atoms with Gasteiger partial charge in [-0.25, -0.2) is 4.79 Å². The molecular formula is C66H89N9O6. The SMILES string of the molecule is CCN[C@]12C=C3C=CC[C@@H]4CCCC[C@]5(C)CC6=CNC(N)C(=C6)CC[C@H]6C[C@@H](O)C[C@H]([C@@H]6C1)[C@@H](OC(=O)[C@]16O[C@@]1(C/C=C(\C)C[C@]1(C7=CCNC8=C7CC[C@H](NC)N8)CCCNC(=NC)N1)C(=O)c1cccc(c1C6=O)C5)[C@H]2C[C@H]34. The quantitative estimate of drug-likeness (QED) is 0.0535. The first-order chi connectivity index (χ1) is 39.1. The number of epoxide rings is 1. The maximum atomic E-state index is 16.4. The summed E-state index contributed by atoms with van der Waals surface area (Å²) in [4.78, 5) is 53.5. The predicted molar refractivity (Wildman–Crippen MR) is 314 cm³/mol. The number of carbonyl (C=O) groups excluding carboxylic acids is 3. The molecule has 1 spiro atoms. The highest BCUT2D eigenvalue weighted by molar-refractivity contribution is 6.33. The Bertz CT molecular complexity index is 3010. The van der Waals surface area contributed by atoms with Crippen molar-refractivity contribution < 1.29 is 29.0 Å². The van der Waals surface area contributed by atoms with Gasteiger partial charge in [-0.2, -0.15) is 0 Å². The maximum absolute atomic E-state index is 16.4. The second-order valence-corrected chi connectivity index (χ2v) is 27.1. The molecule has 0 aromatic heterocycles. The number of likely N-dealkylation sites (N-methyl/N-ethyl adjacent to an activating group) is 1. The van der Waals surface area contributed by atoms with Crippen molar-refractivity contribution in [1.82, 2.24) is 37.2 Å². The molecule has 13 rings (SSSR count). The van der Waals surface area contributed by atoms with Crippen LogP contribution in [-0.4, -0.2) is 109 Å². The molecule has 2 saturated carbocycles. The molecule has 1 aromatic carbocycles. The molecule has 81 heavy (non-hydrogen) atoms. The number of aliphatic hydroxyl groups is 1. The molecule has 10 N–H and O–H groups in total. The molecule has 0 amide bonds. The summed E-state index contributed by atoms with van der Waals surface area (Å²) in [7, 11) is 3.80. The van der Waals surface area contributed by atoms with Gasteiger partial charge in [-0.15, -0.1) is 0 Å². The molecule has 12 aliphatic rings. The van der Waals surface area contributed by atoms with Crippen molar-refractivity contribution in [2.75, 3.05) is 33.7 Å². The average Bonchev–Trinajstić information content (AvgIpc) is 2.47. The minimum atomic E-state index is -2.20. The monoisotopic (exact) mass is 1100 g/mol. The topological polar surface area (TPSA) is 216 Å². The van der Waals surface area contributed by atoms with Crippen LogP contribution < -0.4 is 43.0 Å². The van der Waals surface area contributed by atoms with Crippen LogP contribution >= 0.6 is 0 Å². The van der Waals surface area contributed by atoms with Crippen molar-refractivity contribution in [1.29, 1.82) is 0 Å². The molecule has 15 heteroatoms. The largest absolute Gasteiger partial charge is 0.459 e. The normalized spacial score (nSPS) is 41.2. The van der Waals surface area contributed by atoms with E-state index in [1.807, 2.05) is 26.2 Å². The van der Waals surface area contributed by atoms with E-state index in [1.165, 1.54) is 22.3 Å². The number of Topliss-reactive ketones (excluding diaryl/α,β-unsaturated/α-hetero) is 2. The zero-order valence-corrected chi connectivity index (χ0v) is 48.6. The van der Waals surface area contributed by atoms with Gasteiger partial charge in [0.2, 0.25) is 5.78 Å². The van der Waals surface area contributed by atoms with Crippen LogP contribution in [0.5, 0.6) is 0 Å². The van der Waals surface area contributed by atoms with Crippen LogP contribution in [0.15, 0.2) is 105 Å². The number of nitrogens with two attached hydrogens (primary N) is 1. The van der Waals surface area contributed by atoms with Gasteiger partial charge >= 0.3 is 5.97 Å². The van der Waals surface area contributed by atoms with Crippen LogP contribution in [0, 0.1) is 40.9 Å². The van der Waals surface area contributed by atoms with Gasteiger partial charge in [0.25, 0.3) is 5.60 Å². The number of hydrogen-bond acceptors (Lipinski definition) is 13. The number of allylic oxidation sites excluding steroid dienone is 5.